The Morgan fingerprint density at radius 3 is 2.81 bits per heavy atom. The average Bonchev–Trinajstić information content (AvgIpc) is 3.37. The van der Waals surface area contributed by atoms with E-state index in [9.17, 15) is 23.2 Å². The van der Waals surface area contributed by atoms with Gasteiger partial charge in [0.25, 0.3) is 0 Å². The van der Waals surface area contributed by atoms with Crippen LogP contribution in [0.15, 0.2) is 29.2 Å². The van der Waals surface area contributed by atoms with Crippen LogP contribution in [0.4, 0.5) is 25.2 Å². The van der Waals surface area contributed by atoms with E-state index in [0.29, 0.717) is 4.57 Å². The molecule has 2 fully saturated rings. The van der Waals surface area contributed by atoms with Gasteiger partial charge >= 0.3 is 11.8 Å². The number of primary amides is 1. The highest BCUT2D eigenvalue weighted by Gasteiger charge is 2.66. The number of pyridine rings is 2. The van der Waals surface area contributed by atoms with Gasteiger partial charge in [-0.05, 0) is 37.8 Å². The molecule has 0 spiro atoms. The molecule has 42 heavy (non-hydrogen) atoms. The lowest BCUT2D eigenvalue weighted by Crippen LogP contribution is -2.38. The van der Waals surface area contributed by atoms with Crippen LogP contribution in [0.25, 0.3) is 22.1 Å². The molecule has 0 aromatic carbocycles. The molecule has 222 valence electrons. The lowest BCUT2D eigenvalue weighted by molar-refractivity contribution is -0.124. The van der Waals surface area contributed by atoms with Crippen LogP contribution in [0.3, 0.4) is 0 Å². The number of fused-ring (bicyclic) bond motifs is 2. The fraction of sp³-hybridized carbons (Fsp3) is 0.462. The number of hydrogen-bond acceptors (Lipinski definition) is 9. The maximum absolute atomic E-state index is 13.8. The number of aryl methyl sites for hydroxylation is 1. The summed E-state index contributed by atoms with van der Waals surface area (Å²) in [5, 5.41) is 9.34. The molecule has 4 aromatic rings. The van der Waals surface area contributed by atoms with E-state index in [1.54, 1.807) is 0 Å². The minimum atomic E-state index is -2.98. The summed E-state index contributed by atoms with van der Waals surface area (Å²) in [7, 11) is -1.84. The molecule has 2 saturated carbocycles. The number of aromatic nitrogens is 6. The number of nitrogens with zero attached hydrogens (tertiary/aromatic N) is 6. The number of rotatable bonds is 8. The quantitative estimate of drug-likeness (QED) is 0.277. The van der Waals surface area contributed by atoms with E-state index in [1.807, 2.05) is 0 Å². The summed E-state index contributed by atoms with van der Waals surface area (Å²) in [6.07, 6.45) is -2.68. The SMILES string of the molecule is [2H]C1(NC(=O)OC)CCC(n2c(=O)n(C([2H])([2H])[2H])c3cnc(Nc4ccc5c(OC([2H])([2H])[2H])nn(C6(C(N)=O)CC6C(F)F)c5n4)cc32)C1. The summed E-state index contributed by atoms with van der Waals surface area (Å²) in [6, 6.07) is 1.89. The zero-order valence-corrected chi connectivity index (χ0v) is 21.9. The first-order valence-corrected chi connectivity index (χ1v) is 12.7. The summed E-state index contributed by atoms with van der Waals surface area (Å²) in [4.78, 5) is 46.5. The Labute approximate surface area is 246 Å². The van der Waals surface area contributed by atoms with Crippen LogP contribution >= 0.6 is 0 Å². The molecule has 14 nitrogen and oxygen atoms in total. The first-order valence-electron chi connectivity index (χ1n) is 16.2. The number of halogens is 2. The Bertz CT molecular complexity index is 2050. The van der Waals surface area contributed by atoms with Gasteiger partial charge in [0.1, 0.15) is 11.6 Å². The van der Waals surface area contributed by atoms with Crippen molar-refractivity contribution in [2.45, 2.75) is 49.7 Å². The van der Waals surface area contributed by atoms with Crippen molar-refractivity contribution in [3.05, 3.63) is 34.9 Å². The van der Waals surface area contributed by atoms with Gasteiger partial charge in [0.15, 0.2) is 11.2 Å². The molecule has 6 rings (SSSR count). The second-order valence-corrected chi connectivity index (χ2v) is 10.1. The third kappa shape index (κ3) is 4.19. The Kier molecular flexibility index (Phi) is 4.78. The van der Waals surface area contributed by atoms with Crippen molar-refractivity contribution >= 4 is 45.7 Å². The summed E-state index contributed by atoms with van der Waals surface area (Å²) in [5.41, 5.74) is 2.55. The number of carbonyl (C=O) groups is 2. The molecule has 16 heteroatoms. The van der Waals surface area contributed by atoms with E-state index in [0.717, 1.165) is 18.0 Å². The molecule has 0 aliphatic heterocycles. The standard InChI is InChI=1S/C26H29F2N9O5/c1-35-17-11-30-19(9-16(17)36(25(35)40)13-5-4-12(8-13)31-24(39)42-3)32-18-7-6-14-21(33-18)37(34-22(14)41-2)26(23(29)38)10-15(26)20(27)28/h6-7,9,11-13,15,20H,4-5,8,10H2,1-3H3,(H2,29,38)(H,31,39)(H,30,32,33)/i1D3,2D3,12D. The van der Waals surface area contributed by atoms with Crippen LogP contribution in [-0.4, -0.2) is 67.5 Å². The van der Waals surface area contributed by atoms with E-state index in [-0.39, 0.29) is 59.4 Å². The summed E-state index contributed by atoms with van der Waals surface area (Å²) < 4.78 is 94.8. The van der Waals surface area contributed by atoms with Crippen molar-refractivity contribution in [1.29, 1.82) is 0 Å². The lowest BCUT2D eigenvalue weighted by Gasteiger charge is -2.15. The first kappa shape index (κ1) is 20.2. The topological polar surface area (TPSA) is 173 Å². The van der Waals surface area contributed by atoms with E-state index < -0.39 is 67.5 Å². The Balaban J connectivity index is 1.42. The predicted octanol–water partition coefficient (Wildman–Crippen LogP) is 2.15. The van der Waals surface area contributed by atoms with Gasteiger partial charge in [-0.3, -0.25) is 13.9 Å². The number of alkyl halides is 2. The van der Waals surface area contributed by atoms with Gasteiger partial charge in [-0.25, -0.2) is 33.0 Å². The lowest BCUT2D eigenvalue weighted by atomic mass is 10.2. The normalized spacial score (nSPS) is 28.2. The molecule has 4 heterocycles. The minimum absolute atomic E-state index is 0.00673. The number of methoxy groups -OCH3 is 2. The van der Waals surface area contributed by atoms with Crippen LogP contribution in [0.2, 0.25) is 0 Å². The van der Waals surface area contributed by atoms with Gasteiger partial charge in [-0.15, -0.1) is 5.10 Å². The van der Waals surface area contributed by atoms with Gasteiger partial charge in [0, 0.05) is 29.2 Å². The molecular formula is C26H29F2N9O5. The fourth-order valence-corrected chi connectivity index (χ4v) is 5.62. The number of alkyl carbamates (subject to hydrolysis) is 1. The van der Waals surface area contributed by atoms with Crippen molar-refractivity contribution < 1.29 is 37.4 Å². The molecule has 0 saturated heterocycles. The van der Waals surface area contributed by atoms with Crippen LogP contribution < -0.4 is 26.8 Å². The number of anilines is 2. The van der Waals surface area contributed by atoms with Gasteiger partial charge in [-0.1, -0.05) is 0 Å². The monoisotopic (exact) mass is 592 g/mol. The Morgan fingerprint density at radius 2 is 2.12 bits per heavy atom. The average molecular weight is 593 g/mol. The van der Waals surface area contributed by atoms with Crippen molar-refractivity contribution in [3.8, 4) is 5.88 Å². The highest BCUT2D eigenvalue weighted by molar-refractivity contribution is 5.91. The zero-order valence-electron chi connectivity index (χ0n) is 28.9. The molecule has 2 amide bonds. The fourth-order valence-electron chi connectivity index (χ4n) is 5.62. The zero-order chi connectivity index (χ0) is 35.8. The van der Waals surface area contributed by atoms with Gasteiger partial charge in [0.2, 0.25) is 18.2 Å². The van der Waals surface area contributed by atoms with E-state index in [2.05, 4.69) is 30.4 Å². The largest absolute Gasteiger partial charge is 0.479 e. The number of imidazole rings is 1. The third-order valence-electron chi connectivity index (χ3n) is 7.79. The van der Waals surface area contributed by atoms with Crippen LogP contribution in [0.5, 0.6) is 5.88 Å². The molecular weight excluding hydrogens is 556 g/mol. The van der Waals surface area contributed by atoms with E-state index in [1.165, 1.54) is 22.8 Å². The highest BCUT2D eigenvalue weighted by Crippen LogP contribution is 2.54. The smallest absolute Gasteiger partial charge is 0.407 e. The highest BCUT2D eigenvalue weighted by atomic mass is 19.3. The molecule has 4 unspecified atom stereocenters. The second kappa shape index (κ2) is 9.95. The van der Waals surface area contributed by atoms with Gasteiger partial charge < -0.3 is 25.8 Å². The molecule has 2 aliphatic carbocycles. The van der Waals surface area contributed by atoms with Crippen molar-refractivity contribution in [3.63, 3.8) is 0 Å². The summed E-state index contributed by atoms with van der Waals surface area (Å²) in [5.74, 6) is -3.08. The number of hydrogen-bond donors (Lipinski definition) is 3. The van der Waals surface area contributed by atoms with E-state index in [4.69, 9.17) is 20.1 Å². The molecule has 4 atom stereocenters. The number of nitrogens with two attached hydrogens (primary N) is 1. The van der Waals surface area contributed by atoms with Gasteiger partial charge in [-0.2, -0.15) is 0 Å². The van der Waals surface area contributed by atoms with Crippen LogP contribution in [0, 0.1) is 5.92 Å². The first-order chi connectivity index (χ1) is 22.8. The molecule has 0 bridgehead atoms. The second-order valence-electron chi connectivity index (χ2n) is 10.1. The van der Waals surface area contributed by atoms with Crippen molar-refractivity contribution in [2.75, 3.05) is 19.5 Å². The maximum Gasteiger partial charge on any atom is 0.407 e. The van der Waals surface area contributed by atoms with Gasteiger partial charge in [0.05, 0.1) is 48.2 Å². The third-order valence-corrected chi connectivity index (χ3v) is 7.79. The van der Waals surface area contributed by atoms with E-state index >= 15 is 0 Å². The summed E-state index contributed by atoms with van der Waals surface area (Å²) in [6.45, 7) is -2.90. The van der Waals surface area contributed by atoms with Crippen molar-refractivity contribution in [1.82, 2.24) is 34.2 Å². The molecule has 2 aliphatic rings. The molecule has 4 aromatic heterocycles. The number of carbonyl (C=O) groups excluding carboxylic acids is 2. The number of ether oxygens (including phenoxy) is 2. The number of amides is 2. The predicted molar refractivity (Wildman–Crippen MR) is 146 cm³/mol. The van der Waals surface area contributed by atoms with Crippen LogP contribution in [-0.2, 0) is 22.0 Å². The molecule has 0 radical (unpaired) electrons. The Hall–Kier alpha value is -4.76. The Morgan fingerprint density at radius 1 is 1.29 bits per heavy atom. The van der Waals surface area contributed by atoms with Crippen LogP contribution in [0.1, 0.15) is 41.3 Å². The van der Waals surface area contributed by atoms with Crippen molar-refractivity contribution in [2.24, 2.45) is 18.6 Å². The minimum Gasteiger partial charge on any atom is -0.479 e. The number of nitrogens with one attached hydrogen (secondary N) is 2. The maximum atomic E-state index is 13.8. The summed E-state index contributed by atoms with van der Waals surface area (Å²) >= 11 is 0. The molecule has 4 N–H and O–H groups in total.